The lowest BCUT2D eigenvalue weighted by molar-refractivity contribution is -0.136. The number of carbonyl (C=O) groups excluding carboxylic acids is 1. The largest absolute Gasteiger partial charge is 0.494 e. The van der Waals surface area contributed by atoms with Gasteiger partial charge in [-0.3, -0.25) is 4.79 Å². The van der Waals surface area contributed by atoms with E-state index in [2.05, 4.69) is 5.32 Å². The van der Waals surface area contributed by atoms with Crippen LogP contribution in [0.2, 0.25) is 0 Å². The molecule has 6 heteroatoms. The lowest BCUT2D eigenvalue weighted by Gasteiger charge is -2.28. The van der Waals surface area contributed by atoms with E-state index in [1.54, 1.807) is 48.5 Å². The fourth-order valence-electron chi connectivity index (χ4n) is 3.61. The first-order valence-corrected chi connectivity index (χ1v) is 11.7. The zero-order valence-electron chi connectivity index (χ0n) is 19.8. The van der Waals surface area contributed by atoms with Gasteiger partial charge >= 0.3 is 0 Å². The van der Waals surface area contributed by atoms with Gasteiger partial charge in [0.05, 0.1) is 19.8 Å². The minimum Gasteiger partial charge on any atom is -0.494 e. The Kier molecular flexibility index (Phi) is 9.35. The number of ether oxygens (including phenoxy) is 3. The number of rotatable bonds is 13. The normalized spacial score (nSPS) is 11.0. The Morgan fingerprint density at radius 1 is 0.735 bits per heavy atom. The Bertz CT molecular complexity index is 954. The molecule has 3 aromatic rings. The highest BCUT2D eigenvalue weighted by Gasteiger charge is 2.39. The average Bonchev–Trinajstić information content (AvgIpc) is 2.87. The summed E-state index contributed by atoms with van der Waals surface area (Å²) in [7, 11) is 0. The smallest absolute Gasteiger partial charge is 0.261 e. The first kappa shape index (κ1) is 25.1. The molecule has 0 aliphatic carbocycles. The average molecular weight is 464 g/mol. The number of hydrogen-bond acceptors (Lipinski definition) is 5. The monoisotopic (exact) mass is 463 g/mol. The molecule has 0 unspecified atom stereocenters. The molecule has 6 nitrogen and oxygen atoms in total. The van der Waals surface area contributed by atoms with Crippen molar-refractivity contribution in [1.82, 2.24) is 5.32 Å². The van der Waals surface area contributed by atoms with Crippen LogP contribution in [0.1, 0.15) is 37.8 Å². The van der Waals surface area contributed by atoms with Crippen molar-refractivity contribution in [1.29, 1.82) is 0 Å². The molecule has 1 amide bonds. The first-order valence-electron chi connectivity index (χ1n) is 11.7. The number of carbonyl (C=O) groups is 1. The Morgan fingerprint density at radius 2 is 1.24 bits per heavy atom. The Morgan fingerprint density at radius 3 is 1.74 bits per heavy atom. The van der Waals surface area contributed by atoms with Gasteiger partial charge < -0.3 is 24.6 Å². The van der Waals surface area contributed by atoms with Crippen LogP contribution in [0.25, 0.3) is 0 Å². The van der Waals surface area contributed by atoms with E-state index in [-0.39, 0.29) is 0 Å². The Labute approximate surface area is 201 Å². The molecule has 0 aliphatic heterocycles. The first-order chi connectivity index (χ1) is 16.6. The highest BCUT2D eigenvalue weighted by atomic mass is 16.5. The summed E-state index contributed by atoms with van der Waals surface area (Å²) in [5, 5.41) is 14.6. The minimum absolute atomic E-state index is 0.424. The molecular weight excluding hydrogens is 430 g/mol. The summed E-state index contributed by atoms with van der Waals surface area (Å²) in [6.07, 6.45) is 1.50. The van der Waals surface area contributed by atoms with Crippen molar-refractivity contribution >= 4 is 5.91 Å². The van der Waals surface area contributed by atoms with Crippen molar-refractivity contribution in [3.05, 3.63) is 90.0 Å². The Hall–Kier alpha value is -3.51. The molecule has 0 fully saturated rings. The highest BCUT2D eigenvalue weighted by Crippen LogP contribution is 2.32. The molecule has 0 saturated heterocycles. The summed E-state index contributed by atoms with van der Waals surface area (Å²) >= 11 is 0. The summed E-state index contributed by atoms with van der Waals surface area (Å²) in [6, 6.07) is 23.5. The van der Waals surface area contributed by atoms with Crippen molar-refractivity contribution in [3.8, 4) is 17.2 Å². The highest BCUT2D eigenvalue weighted by molar-refractivity contribution is 5.90. The predicted molar refractivity (Wildman–Crippen MR) is 132 cm³/mol. The van der Waals surface area contributed by atoms with Crippen molar-refractivity contribution in [2.24, 2.45) is 0 Å². The van der Waals surface area contributed by atoms with E-state index in [0.717, 1.165) is 18.6 Å². The maximum atomic E-state index is 13.3. The van der Waals surface area contributed by atoms with E-state index in [9.17, 15) is 9.90 Å². The number of unbranched alkanes of at least 4 members (excludes halogenated alkanes) is 1. The van der Waals surface area contributed by atoms with Crippen molar-refractivity contribution in [2.75, 3.05) is 26.4 Å². The molecule has 2 N–H and O–H groups in total. The summed E-state index contributed by atoms with van der Waals surface area (Å²) in [4.78, 5) is 13.3. The van der Waals surface area contributed by atoms with Gasteiger partial charge in [0.2, 0.25) is 0 Å². The van der Waals surface area contributed by atoms with Crippen LogP contribution in [0.4, 0.5) is 0 Å². The van der Waals surface area contributed by atoms with Crippen LogP contribution in [-0.4, -0.2) is 37.4 Å². The fraction of sp³-hybridized carbons (Fsp3) is 0.321. The Balaban J connectivity index is 1.67. The summed E-state index contributed by atoms with van der Waals surface area (Å²) in [5.41, 5.74) is -0.925. The van der Waals surface area contributed by atoms with Crippen molar-refractivity contribution < 1.29 is 24.1 Å². The van der Waals surface area contributed by atoms with Crippen LogP contribution in [0.15, 0.2) is 78.9 Å². The molecule has 0 saturated carbocycles. The van der Waals surface area contributed by atoms with Crippen molar-refractivity contribution in [3.63, 3.8) is 0 Å². The van der Waals surface area contributed by atoms with Gasteiger partial charge in [-0.2, -0.15) is 0 Å². The van der Waals surface area contributed by atoms with Crippen LogP contribution in [-0.2, 0) is 10.4 Å². The van der Waals surface area contributed by atoms with Gasteiger partial charge in [0.1, 0.15) is 17.2 Å². The molecular formula is C28H33NO5. The van der Waals surface area contributed by atoms with Crippen LogP contribution in [0.5, 0.6) is 17.2 Å². The maximum absolute atomic E-state index is 13.3. The van der Waals surface area contributed by atoms with E-state index in [4.69, 9.17) is 14.2 Å². The predicted octanol–water partition coefficient (Wildman–Crippen LogP) is 4.70. The second-order valence-corrected chi connectivity index (χ2v) is 7.75. The van der Waals surface area contributed by atoms with Crippen LogP contribution in [0.3, 0.4) is 0 Å². The molecule has 0 atom stereocenters. The SMILES string of the molecule is CCOc1ccc(C(O)(C(=O)NCCCCOc2ccccc2)c2ccc(OCC)cc2)cc1. The van der Waals surface area contributed by atoms with Crippen molar-refractivity contribution in [2.45, 2.75) is 32.3 Å². The third kappa shape index (κ3) is 6.51. The van der Waals surface area contributed by atoms with Gasteiger partial charge in [-0.25, -0.2) is 0 Å². The standard InChI is InChI=1S/C28H33NO5/c1-3-32-25-16-12-22(13-17-25)28(31,23-14-18-26(19-15-23)33-4-2)27(30)29-20-8-9-21-34-24-10-6-5-7-11-24/h5-7,10-19,31H,3-4,8-9,20-21H2,1-2H3,(H,29,30). The molecule has 0 heterocycles. The third-order valence-corrected chi connectivity index (χ3v) is 5.36. The molecule has 34 heavy (non-hydrogen) atoms. The zero-order chi connectivity index (χ0) is 24.2. The third-order valence-electron chi connectivity index (χ3n) is 5.36. The molecule has 0 spiro atoms. The van der Waals surface area contributed by atoms with E-state index < -0.39 is 11.5 Å². The van der Waals surface area contributed by atoms with Crippen LogP contribution in [0, 0.1) is 0 Å². The number of hydrogen-bond donors (Lipinski definition) is 2. The van der Waals surface area contributed by atoms with Crippen LogP contribution < -0.4 is 19.5 Å². The summed E-state index contributed by atoms with van der Waals surface area (Å²) in [5.74, 6) is 1.70. The molecule has 3 aromatic carbocycles. The molecule has 0 aliphatic rings. The number of para-hydroxylation sites is 1. The van der Waals surface area contributed by atoms with E-state index in [0.29, 0.717) is 49.0 Å². The lowest BCUT2D eigenvalue weighted by atomic mass is 9.85. The summed E-state index contributed by atoms with van der Waals surface area (Å²) in [6.45, 7) is 5.87. The van der Waals surface area contributed by atoms with Gasteiger partial charge in [-0.1, -0.05) is 42.5 Å². The van der Waals surface area contributed by atoms with Gasteiger partial charge in [-0.15, -0.1) is 0 Å². The quantitative estimate of drug-likeness (QED) is 0.360. The van der Waals surface area contributed by atoms with Gasteiger partial charge in [0, 0.05) is 6.54 Å². The zero-order valence-corrected chi connectivity index (χ0v) is 19.8. The van der Waals surface area contributed by atoms with Crippen LogP contribution >= 0.6 is 0 Å². The topological polar surface area (TPSA) is 77.0 Å². The van der Waals surface area contributed by atoms with E-state index in [1.807, 2.05) is 44.2 Å². The lowest BCUT2D eigenvalue weighted by Crippen LogP contribution is -2.45. The van der Waals surface area contributed by atoms with E-state index >= 15 is 0 Å². The molecule has 0 aromatic heterocycles. The molecule has 180 valence electrons. The molecule has 0 radical (unpaired) electrons. The number of nitrogens with one attached hydrogen (secondary N) is 1. The summed E-state index contributed by atoms with van der Waals surface area (Å²) < 4.78 is 16.7. The van der Waals surface area contributed by atoms with Gasteiger partial charge in [-0.05, 0) is 74.2 Å². The van der Waals surface area contributed by atoms with Gasteiger partial charge in [0.25, 0.3) is 5.91 Å². The number of amides is 1. The maximum Gasteiger partial charge on any atom is 0.261 e. The van der Waals surface area contributed by atoms with Gasteiger partial charge in [0.15, 0.2) is 5.60 Å². The number of benzene rings is 3. The second-order valence-electron chi connectivity index (χ2n) is 7.75. The number of aliphatic hydroxyl groups is 1. The fourth-order valence-corrected chi connectivity index (χ4v) is 3.61. The second kappa shape index (κ2) is 12.7. The van der Waals surface area contributed by atoms with E-state index in [1.165, 1.54) is 0 Å². The molecule has 0 bridgehead atoms. The molecule has 3 rings (SSSR count). The minimum atomic E-state index is -1.85.